The van der Waals surface area contributed by atoms with Gasteiger partial charge in [-0.3, -0.25) is 0 Å². The highest BCUT2D eigenvalue weighted by Crippen LogP contribution is 2.39. The molecule has 0 amide bonds. The molecule has 0 bridgehead atoms. The highest BCUT2D eigenvalue weighted by atomic mass is 35.5. The lowest BCUT2D eigenvalue weighted by molar-refractivity contribution is -0.137. The van der Waals surface area contributed by atoms with Crippen molar-refractivity contribution in [2.24, 2.45) is 0 Å². The minimum atomic E-state index is -4.57. The third kappa shape index (κ3) is 3.61. The fourth-order valence-electron chi connectivity index (χ4n) is 2.00. The number of alkyl halides is 3. The number of hydrogen-bond donors (Lipinski definition) is 1. The van der Waals surface area contributed by atoms with Crippen LogP contribution in [0.3, 0.4) is 0 Å². The first-order valence-corrected chi connectivity index (χ1v) is 8.52. The van der Waals surface area contributed by atoms with Crippen LogP contribution < -0.4 is 0 Å². The topological polar surface area (TPSA) is 54.4 Å². The number of aromatic hydroxyl groups is 1. The van der Waals surface area contributed by atoms with Crippen molar-refractivity contribution in [2.45, 2.75) is 18.0 Å². The smallest absolute Gasteiger partial charge is 0.416 e. The van der Waals surface area contributed by atoms with Crippen molar-refractivity contribution in [3.8, 4) is 16.9 Å². The highest BCUT2D eigenvalue weighted by Gasteiger charge is 2.31. The highest BCUT2D eigenvalue weighted by molar-refractivity contribution is 7.91. The Bertz CT molecular complexity index is 846. The summed E-state index contributed by atoms with van der Waals surface area (Å²) in [4.78, 5) is -0.0276. The Balaban J connectivity index is 2.60. The van der Waals surface area contributed by atoms with E-state index in [2.05, 4.69) is 0 Å². The minimum absolute atomic E-state index is 0.0276. The summed E-state index contributed by atoms with van der Waals surface area (Å²) in [5.41, 5.74) is -0.942. The van der Waals surface area contributed by atoms with Crippen molar-refractivity contribution < 1.29 is 26.7 Å². The standard InChI is InChI=1S/C15H12ClF3O3S/c1-2-23(21,22)10-4-5-11(13(16)8-10)12-7-9(15(17,18)19)3-6-14(12)20/h3-8,20H,2H2,1H3. The van der Waals surface area contributed by atoms with Crippen LogP contribution in [0.4, 0.5) is 13.2 Å². The average Bonchev–Trinajstić information content (AvgIpc) is 2.46. The van der Waals surface area contributed by atoms with Crippen molar-refractivity contribution in [1.82, 2.24) is 0 Å². The molecular formula is C15H12ClF3O3S. The molecule has 1 N–H and O–H groups in total. The number of rotatable bonds is 3. The van der Waals surface area contributed by atoms with E-state index in [1.807, 2.05) is 0 Å². The van der Waals surface area contributed by atoms with Gasteiger partial charge in [0.25, 0.3) is 0 Å². The summed E-state index contributed by atoms with van der Waals surface area (Å²) in [6.07, 6.45) is -4.57. The van der Waals surface area contributed by atoms with E-state index in [1.54, 1.807) is 0 Å². The van der Waals surface area contributed by atoms with Gasteiger partial charge in [0.1, 0.15) is 5.75 Å². The summed E-state index contributed by atoms with van der Waals surface area (Å²) in [6.45, 7) is 1.47. The van der Waals surface area contributed by atoms with Gasteiger partial charge in [0.2, 0.25) is 0 Å². The maximum atomic E-state index is 12.8. The SMILES string of the molecule is CCS(=O)(=O)c1ccc(-c2cc(C(F)(F)F)ccc2O)c(Cl)c1. The number of sulfone groups is 1. The van der Waals surface area contributed by atoms with Crippen LogP contribution in [0.25, 0.3) is 11.1 Å². The second-order valence-electron chi connectivity index (χ2n) is 4.77. The van der Waals surface area contributed by atoms with Crippen LogP contribution in [0.1, 0.15) is 12.5 Å². The molecule has 3 nitrogen and oxygen atoms in total. The Hall–Kier alpha value is -1.73. The molecule has 0 saturated heterocycles. The molecule has 0 aliphatic rings. The summed E-state index contributed by atoms with van der Waals surface area (Å²) in [5, 5.41) is 9.75. The second-order valence-corrected chi connectivity index (χ2v) is 7.46. The molecule has 0 aliphatic heterocycles. The molecule has 0 radical (unpaired) electrons. The van der Waals surface area contributed by atoms with Crippen LogP contribution in [0.15, 0.2) is 41.3 Å². The first-order valence-electron chi connectivity index (χ1n) is 6.49. The molecule has 0 spiro atoms. The van der Waals surface area contributed by atoms with E-state index in [0.717, 1.165) is 24.3 Å². The number of phenolic OH excluding ortho intramolecular Hbond substituents is 1. The van der Waals surface area contributed by atoms with Gasteiger partial charge in [-0.25, -0.2) is 8.42 Å². The first kappa shape index (κ1) is 17.6. The number of benzene rings is 2. The van der Waals surface area contributed by atoms with E-state index in [4.69, 9.17) is 11.6 Å². The third-order valence-corrected chi connectivity index (χ3v) is 5.34. The van der Waals surface area contributed by atoms with Gasteiger partial charge < -0.3 is 5.11 Å². The summed E-state index contributed by atoms with van der Waals surface area (Å²) in [5.74, 6) is -0.511. The van der Waals surface area contributed by atoms with E-state index in [1.165, 1.54) is 19.1 Å². The van der Waals surface area contributed by atoms with E-state index in [-0.39, 0.29) is 32.5 Å². The van der Waals surface area contributed by atoms with Gasteiger partial charge in [0.15, 0.2) is 9.84 Å². The molecule has 2 aromatic rings. The summed E-state index contributed by atoms with van der Waals surface area (Å²) < 4.78 is 62.0. The fourth-order valence-corrected chi connectivity index (χ4v) is 3.26. The molecule has 0 aromatic heterocycles. The van der Waals surface area contributed by atoms with Crippen LogP contribution in [0.2, 0.25) is 5.02 Å². The maximum absolute atomic E-state index is 12.8. The first-order chi connectivity index (χ1) is 10.6. The lowest BCUT2D eigenvalue weighted by Gasteiger charge is -2.12. The van der Waals surface area contributed by atoms with E-state index in [9.17, 15) is 26.7 Å². The molecule has 0 aliphatic carbocycles. The number of phenols is 1. The predicted octanol–water partition coefficient (Wildman–Crippen LogP) is 4.53. The molecular weight excluding hydrogens is 353 g/mol. The predicted molar refractivity (Wildman–Crippen MR) is 81.3 cm³/mol. The van der Waals surface area contributed by atoms with Gasteiger partial charge >= 0.3 is 6.18 Å². The van der Waals surface area contributed by atoms with Gasteiger partial charge in [-0.1, -0.05) is 24.6 Å². The largest absolute Gasteiger partial charge is 0.507 e. The van der Waals surface area contributed by atoms with Crippen molar-refractivity contribution >= 4 is 21.4 Å². The molecule has 2 rings (SSSR count). The molecule has 2 aromatic carbocycles. The Kier molecular flexibility index (Phi) is 4.64. The quantitative estimate of drug-likeness (QED) is 0.870. The summed E-state index contributed by atoms with van der Waals surface area (Å²) in [7, 11) is -3.49. The van der Waals surface area contributed by atoms with E-state index < -0.39 is 21.6 Å². The Morgan fingerprint density at radius 3 is 2.26 bits per heavy atom. The van der Waals surface area contributed by atoms with Crippen LogP contribution in [-0.4, -0.2) is 19.3 Å². The maximum Gasteiger partial charge on any atom is 0.416 e. The summed E-state index contributed by atoms with van der Waals surface area (Å²) >= 11 is 6.01. The Morgan fingerprint density at radius 2 is 1.74 bits per heavy atom. The lowest BCUT2D eigenvalue weighted by atomic mass is 10.0. The van der Waals surface area contributed by atoms with Gasteiger partial charge in [-0.05, 0) is 30.3 Å². The van der Waals surface area contributed by atoms with Gasteiger partial charge in [-0.15, -0.1) is 0 Å². The second kappa shape index (κ2) is 6.05. The minimum Gasteiger partial charge on any atom is -0.507 e. The molecule has 0 unspecified atom stereocenters. The van der Waals surface area contributed by atoms with Gasteiger partial charge in [0, 0.05) is 16.1 Å². The van der Waals surface area contributed by atoms with Gasteiger partial charge in [0.05, 0.1) is 16.2 Å². The molecule has 0 heterocycles. The zero-order chi connectivity index (χ0) is 17.4. The molecule has 124 valence electrons. The molecule has 8 heteroatoms. The lowest BCUT2D eigenvalue weighted by Crippen LogP contribution is -2.05. The van der Waals surface area contributed by atoms with E-state index >= 15 is 0 Å². The molecule has 0 saturated carbocycles. The zero-order valence-electron chi connectivity index (χ0n) is 11.9. The van der Waals surface area contributed by atoms with Crippen molar-refractivity contribution in [3.05, 3.63) is 47.0 Å². The number of halogens is 4. The van der Waals surface area contributed by atoms with Crippen LogP contribution in [0, 0.1) is 0 Å². The molecule has 0 atom stereocenters. The van der Waals surface area contributed by atoms with Gasteiger partial charge in [-0.2, -0.15) is 13.2 Å². The van der Waals surface area contributed by atoms with Crippen LogP contribution in [-0.2, 0) is 16.0 Å². The van der Waals surface area contributed by atoms with E-state index in [0.29, 0.717) is 0 Å². The normalized spacial score (nSPS) is 12.4. The zero-order valence-corrected chi connectivity index (χ0v) is 13.4. The van der Waals surface area contributed by atoms with Crippen LogP contribution in [0.5, 0.6) is 5.75 Å². The third-order valence-electron chi connectivity index (χ3n) is 3.29. The Morgan fingerprint density at radius 1 is 1.09 bits per heavy atom. The van der Waals surface area contributed by atoms with Crippen molar-refractivity contribution in [1.29, 1.82) is 0 Å². The average molecular weight is 365 g/mol. The summed E-state index contributed by atoms with van der Waals surface area (Å²) in [6, 6.07) is 6.13. The molecule has 0 fully saturated rings. The van der Waals surface area contributed by atoms with Crippen LogP contribution >= 0.6 is 11.6 Å². The Labute approximate surface area is 136 Å². The number of hydrogen-bond acceptors (Lipinski definition) is 3. The fraction of sp³-hybridized carbons (Fsp3) is 0.200. The monoisotopic (exact) mass is 364 g/mol. The molecule has 23 heavy (non-hydrogen) atoms. The van der Waals surface area contributed by atoms with Crippen molar-refractivity contribution in [2.75, 3.05) is 5.75 Å². The van der Waals surface area contributed by atoms with Crippen molar-refractivity contribution in [3.63, 3.8) is 0 Å².